The highest BCUT2D eigenvalue weighted by Crippen LogP contribution is 2.48. The molecule has 1 fully saturated rings. The molecule has 11 heteroatoms. The van der Waals surface area contributed by atoms with E-state index in [4.69, 9.17) is 19.9 Å². The summed E-state index contributed by atoms with van der Waals surface area (Å²) in [6, 6.07) is 3.46. The number of nitrogens with two attached hydrogens (primary N) is 1. The monoisotopic (exact) mass is 405 g/mol. The van der Waals surface area contributed by atoms with Crippen LogP contribution >= 0.6 is 0 Å². The first-order chi connectivity index (χ1) is 13.9. The largest absolute Gasteiger partial charge is 0.480 e. The Morgan fingerprint density at radius 3 is 2.86 bits per heavy atom. The molecule has 0 spiro atoms. The fraction of sp³-hybridized carbons (Fsp3) is 0.333. The lowest BCUT2D eigenvalue weighted by Crippen LogP contribution is -2.57. The van der Waals surface area contributed by atoms with E-state index in [1.54, 1.807) is 0 Å². The number of amidine groups is 1. The van der Waals surface area contributed by atoms with Gasteiger partial charge in [-0.2, -0.15) is 0 Å². The van der Waals surface area contributed by atoms with Crippen molar-refractivity contribution in [1.29, 1.82) is 0 Å². The molecule has 2 aliphatic heterocycles. The lowest BCUT2D eigenvalue weighted by Gasteiger charge is -2.40. The number of rotatable bonds is 4. The van der Waals surface area contributed by atoms with Crippen molar-refractivity contribution in [3.05, 3.63) is 47.7 Å². The number of aliphatic imine (C=N–C) groups is 1. The first-order valence-corrected chi connectivity index (χ1v) is 8.60. The van der Waals surface area contributed by atoms with Gasteiger partial charge >= 0.3 is 0 Å². The normalized spacial score (nSPS) is 25.6. The molecule has 0 unspecified atom stereocenters. The van der Waals surface area contributed by atoms with Crippen LogP contribution in [0.1, 0.15) is 16.1 Å². The first kappa shape index (κ1) is 19.0. The van der Waals surface area contributed by atoms with Gasteiger partial charge in [-0.25, -0.2) is 23.7 Å². The van der Waals surface area contributed by atoms with E-state index in [9.17, 15) is 9.18 Å². The third kappa shape index (κ3) is 3.12. The molecule has 2 atom stereocenters. The van der Waals surface area contributed by atoms with Gasteiger partial charge < -0.3 is 25.3 Å². The number of alkyl halides is 1. The molecule has 0 saturated carbocycles. The van der Waals surface area contributed by atoms with Crippen molar-refractivity contribution in [2.75, 3.05) is 32.2 Å². The second-order valence-electron chi connectivity index (χ2n) is 6.63. The van der Waals surface area contributed by atoms with E-state index in [0.29, 0.717) is 0 Å². The Hall–Kier alpha value is -3.34. The average molecular weight is 405 g/mol. The van der Waals surface area contributed by atoms with E-state index in [0.717, 1.165) is 6.07 Å². The molecule has 29 heavy (non-hydrogen) atoms. The van der Waals surface area contributed by atoms with Crippen molar-refractivity contribution in [3.63, 3.8) is 0 Å². The second kappa shape index (κ2) is 6.92. The van der Waals surface area contributed by atoms with Gasteiger partial charge in [0.1, 0.15) is 11.5 Å². The summed E-state index contributed by atoms with van der Waals surface area (Å²) in [5, 5.41) is 2.57. The van der Waals surface area contributed by atoms with Crippen molar-refractivity contribution in [1.82, 2.24) is 9.97 Å². The number of hydrogen-bond acceptors (Lipinski definition) is 8. The van der Waals surface area contributed by atoms with E-state index in [1.165, 1.54) is 31.6 Å². The fourth-order valence-corrected chi connectivity index (χ4v) is 3.33. The second-order valence-corrected chi connectivity index (χ2v) is 6.63. The predicted molar refractivity (Wildman–Crippen MR) is 96.8 cm³/mol. The first-order valence-electron chi connectivity index (χ1n) is 8.60. The molecule has 4 rings (SSSR count). The van der Waals surface area contributed by atoms with Crippen LogP contribution in [0, 0.1) is 5.82 Å². The Kier molecular flexibility index (Phi) is 4.53. The molecular weight excluding hydrogens is 388 g/mol. The van der Waals surface area contributed by atoms with Gasteiger partial charge in [-0.15, -0.1) is 0 Å². The molecule has 1 saturated heterocycles. The van der Waals surface area contributed by atoms with Crippen LogP contribution in [0.5, 0.6) is 5.88 Å². The fourth-order valence-electron chi connectivity index (χ4n) is 3.33. The number of halogens is 2. The van der Waals surface area contributed by atoms with Gasteiger partial charge in [-0.1, -0.05) is 0 Å². The number of anilines is 1. The van der Waals surface area contributed by atoms with Crippen molar-refractivity contribution in [2.24, 2.45) is 10.7 Å². The van der Waals surface area contributed by atoms with Gasteiger partial charge in [0, 0.05) is 11.3 Å². The number of methoxy groups -OCH3 is 1. The van der Waals surface area contributed by atoms with Crippen molar-refractivity contribution < 1.29 is 27.8 Å². The van der Waals surface area contributed by atoms with Crippen molar-refractivity contribution in [3.8, 4) is 5.88 Å². The van der Waals surface area contributed by atoms with Gasteiger partial charge in [0.25, 0.3) is 11.9 Å². The summed E-state index contributed by atoms with van der Waals surface area (Å²) >= 11 is 0. The lowest BCUT2D eigenvalue weighted by atomic mass is 9.80. The van der Waals surface area contributed by atoms with E-state index in [2.05, 4.69) is 20.3 Å². The summed E-state index contributed by atoms with van der Waals surface area (Å²) in [6.45, 7) is -0.893. The number of nitrogens with one attached hydrogen (secondary N) is 1. The maximum absolute atomic E-state index is 15.5. The van der Waals surface area contributed by atoms with E-state index in [-0.39, 0.29) is 48.6 Å². The number of fused-ring (bicyclic) bond motifs is 1. The number of benzene rings is 1. The van der Waals surface area contributed by atoms with Gasteiger partial charge in [-0.3, -0.25) is 4.79 Å². The Bertz CT molecular complexity index is 987. The molecule has 0 bridgehead atoms. The number of aromatic nitrogens is 2. The highest BCUT2D eigenvalue weighted by atomic mass is 19.1. The molecule has 1 aromatic carbocycles. The minimum Gasteiger partial charge on any atom is -0.480 e. The number of carbonyl (C=O) groups excluding carboxylic acids is 1. The molecule has 2 aliphatic rings. The molecule has 9 nitrogen and oxygen atoms in total. The topological polar surface area (TPSA) is 121 Å². The number of nitrogens with zero attached hydrogens (tertiary/aromatic N) is 3. The Labute approximate surface area is 163 Å². The molecular formula is C18H17F2N5O4. The van der Waals surface area contributed by atoms with Crippen LogP contribution < -0.4 is 15.8 Å². The van der Waals surface area contributed by atoms with Gasteiger partial charge in [0.05, 0.1) is 39.3 Å². The minimum atomic E-state index is -2.10. The van der Waals surface area contributed by atoms with Crippen LogP contribution in [0.4, 0.5) is 14.5 Å². The SMILES string of the molecule is COc1cnc(C(=O)Nc2ccc(F)c([C@]34COC[C@]3(F)CN=C(N)O4)c2)cn1. The number of hydrogen-bond donors (Lipinski definition) is 2. The third-order valence-corrected chi connectivity index (χ3v) is 4.85. The molecule has 3 N–H and O–H groups in total. The summed E-state index contributed by atoms with van der Waals surface area (Å²) in [7, 11) is 1.42. The predicted octanol–water partition coefficient (Wildman–Crippen LogP) is 1.16. The number of ether oxygens (including phenoxy) is 3. The Morgan fingerprint density at radius 2 is 2.14 bits per heavy atom. The van der Waals surface area contributed by atoms with E-state index >= 15 is 4.39 Å². The minimum absolute atomic E-state index is 0.0178. The van der Waals surface area contributed by atoms with Crippen molar-refractivity contribution >= 4 is 17.6 Å². The molecule has 2 aromatic rings. The summed E-state index contributed by atoms with van der Waals surface area (Å²) < 4.78 is 45.8. The van der Waals surface area contributed by atoms with Crippen LogP contribution in [0.2, 0.25) is 0 Å². The summed E-state index contributed by atoms with van der Waals surface area (Å²) in [5.74, 6) is -1.07. The average Bonchev–Trinajstić information content (AvgIpc) is 3.06. The summed E-state index contributed by atoms with van der Waals surface area (Å²) in [4.78, 5) is 24.0. The molecule has 152 valence electrons. The van der Waals surface area contributed by atoms with Crippen LogP contribution in [-0.2, 0) is 15.1 Å². The van der Waals surface area contributed by atoms with Crippen LogP contribution in [0.15, 0.2) is 35.6 Å². The molecule has 3 heterocycles. The zero-order chi connectivity index (χ0) is 20.6. The maximum Gasteiger partial charge on any atom is 0.283 e. The maximum atomic E-state index is 15.5. The summed E-state index contributed by atoms with van der Waals surface area (Å²) in [5.41, 5.74) is 1.82. The van der Waals surface area contributed by atoms with Crippen LogP contribution in [-0.4, -0.2) is 54.4 Å². The molecule has 1 amide bonds. The molecule has 0 aliphatic carbocycles. The standard InChI is InChI=1S/C18H17F2N5O4/c1-27-14-6-22-13(5-23-14)15(26)25-10-2-3-12(19)11(4-10)18-9-28-8-17(18,20)7-24-16(21)29-18/h2-6H,7-9H2,1H3,(H2,21,24)(H,25,26)/t17-,18-/m1/s1. The van der Waals surface area contributed by atoms with Gasteiger partial charge in [-0.05, 0) is 18.2 Å². The Balaban J connectivity index is 1.66. The number of amides is 1. The van der Waals surface area contributed by atoms with Crippen molar-refractivity contribution in [2.45, 2.75) is 11.3 Å². The zero-order valence-corrected chi connectivity index (χ0v) is 15.3. The zero-order valence-electron chi connectivity index (χ0n) is 15.3. The third-order valence-electron chi connectivity index (χ3n) is 4.85. The summed E-state index contributed by atoms with van der Waals surface area (Å²) in [6.07, 6.45) is 2.52. The Morgan fingerprint density at radius 1 is 1.31 bits per heavy atom. The van der Waals surface area contributed by atoms with E-state index < -0.39 is 23.0 Å². The van der Waals surface area contributed by atoms with Crippen LogP contribution in [0.3, 0.4) is 0 Å². The lowest BCUT2D eigenvalue weighted by molar-refractivity contribution is -0.0718. The molecule has 0 radical (unpaired) electrons. The van der Waals surface area contributed by atoms with Gasteiger partial charge in [0.2, 0.25) is 11.5 Å². The molecule has 1 aromatic heterocycles. The van der Waals surface area contributed by atoms with E-state index in [1.807, 2.05) is 0 Å². The smallest absolute Gasteiger partial charge is 0.283 e. The highest BCUT2D eigenvalue weighted by molar-refractivity contribution is 6.02. The highest BCUT2D eigenvalue weighted by Gasteiger charge is 2.63. The van der Waals surface area contributed by atoms with Gasteiger partial charge in [0.15, 0.2) is 5.67 Å². The quantitative estimate of drug-likeness (QED) is 0.783. The number of carbonyl (C=O) groups is 1. The van der Waals surface area contributed by atoms with Crippen LogP contribution in [0.25, 0.3) is 0 Å².